The number of rotatable bonds is 2. The zero-order chi connectivity index (χ0) is 14.3. The highest BCUT2D eigenvalue weighted by molar-refractivity contribution is 7.91. The predicted octanol–water partition coefficient (Wildman–Crippen LogP) is 1.44. The summed E-state index contributed by atoms with van der Waals surface area (Å²) in [6.45, 7) is 0.115. The molecule has 1 N–H and O–H groups in total. The molecule has 1 amide bonds. The molecule has 1 atom stereocenters. The van der Waals surface area contributed by atoms with Crippen molar-refractivity contribution in [1.29, 1.82) is 0 Å². The van der Waals surface area contributed by atoms with Crippen LogP contribution in [0.2, 0.25) is 5.02 Å². The minimum Gasteiger partial charge on any atom is -0.454 e. The predicted molar refractivity (Wildman–Crippen MR) is 73.0 cm³/mol. The Hall–Kier alpha value is -1.47. The summed E-state index contributed by atoms with van der Waals surface area (Å²) < 4.78 is 33.1. The fourth-order valence-corrected chi connectivity index (χ4v) is 4.19. The Bertz CT molecular complexity index is 673. The third-order valence-corrected chi connectivity index (χ3v) is 5.40. The molecule has 2 aliphatic heterocycles. The van der Waals surface area contributed by atoms with E-state index in [2.05, 4.69) is 5.32 Å². The molecule has 0 saturated carbocycles. The average molecular weight is 318 g/mol. The number of hydrogen-bond donors (Lipinski definition) is 1. The highest BCUT2D eigenvalue weighted by Gasteiger charge is 2.33. The third kappa shape index (κ3) is 2.55. The Balaban J connectivity index is 1.77. The number of hydrogen-bond acceptors (Lipinski definition) is 5. The van der Waals surface area contributed by atoms with E-state index in [1.54, 1.807) is 12.1 Å². The summed E-state index contributed by atoms with van der Waals surface area (Å²) in [7, 11) is -3.09. The first-order valence-electron chi connectivity index (χ1n) is 6.05. The Kier molecular flexibility index (Phi) is 3.25. The Morgan fingerprint density at radius 1 is 1.30 bits per heavy atom. The maximum absolute atomic E-state index is 12.0. The van der Waals surface area contributed by atoms with Crippen LogP contribution in [0.25, 0.3) is 0 Å². The zero-order valence-electron chi connectivity index (χ0n) is 10.4. The number of amides is 1. The maximum Gasteiger partial charge on any atom is 0.231 e. The van der Waals surface area contributed by atoms with Crippen LogP contribution in [0.5, 0.6) is 11.5 Å². The van der Waals surface area contributed by atoms with Crippen molar-refractivity contribution < 1.29 is 22.7 Å². The second-order valence-corrected chi connectivity index (χ2v) is 7.41. The number of carbonyl (C=O) groups excluding carboxylic acids is 1. The molecule has 0 aliphatic carbocycles. The van der Waals surface area contributed by atoms with Crippen LogP contribution in [0.4, 0.5) is 5.69 Å². The second-order valence-electron chi connectivity index (χ2n) is 4.77. The quantitative estimate of drug-likeness (QED) is 0.892. The molecule has 1 saturated heterocycles. The van der Waals surface area contributed by atoms with Crippen molar-refractivity contribution >= 4 is 33.0 Å². The van der Waals surface area contributed by atoms with Gasteiger partial charge in [0.2, 0.25) is 12.7 Å². The van der Waals surface area contributed by atoms with E-state index in [0.29, 0.717) is 28.6 Å². The third-order valence-electron chi connectivity index (χ3n) is 3.32. The normalized spacial score (nSPS) is 22.8. The standard InChI is InChI=1S/C12H12ClNO5S/c13-8-3-10-11(19-6-18-10)4-9(8)14-12(15)7-1-2-20(16,17)5-7/h3-4,7H,1-2,5-6H2,(H,14,15)/t7-/m1/s1. The SMILES string of the molecule is O=C(Nc1cc2c(cc1Cl)OCO2)[C@@H]1CCS(=O)(=O)C1. The highest BCUT2D eigenvalue weighted by Crippen LogP contribution is 2.39. The molecule has 108 valence electrons. The van der Waals surface area contributed by atoms with Crippen molar-refractivity contribution in [3.05, 3.63) is 17.2 Å². The van der Waals surface area contributed by atoms with E-state index < -0.39 is 15.8 Å². The van der Waals surface area contributed by atoms with Crippen LogP contribution >= 0.6 is 11.6 Å². The topological polar surface area (TPSA) is 81.7 Å². The molecule has 0 spiro atoms. The Morgan fingerprint density at radius 3 is 2.65 bits per heavy atom. The second kappa shape index (κ2) is 4.82. The van der Waals surface area contributed by atoms with Crippen LogP contribution in [0.3, 0.4) is 0 Å². The lowest BCUT2D eigenvalue weighted by atomic mass is 10.1. The van der Waals surface area contributed by atoms with Crippen LogP contribution in [-0.2, 0) is 14.6 Å². The fraction of sp³-hybridized carbons (Fsp3) is 0.417. The van der Waals surface area contributed by atoms with Gasteiger partial charge in [0.15, 0.2) is 21.3 Å². The minimum atomic E-state index is -3.09. The minimum absolute atomic E-state index is 0.0555. The Morgan fingerprint density at radius 2 is 2.00 bits per heavy atom. The molecular weight excluding hydrogens is 306 g/mol. The first-order chi connectivity index (χ1) is 9.44. The summed E-state index contributed by atoms with van der Waals surface area (Å²) in [5, 5.41) is 2.97. The summed E-state index contributed by atoms with van der Waals surface area (Å²) >= 11 is 6.05. The number of anilines is 1. The lowest BCUT2D eigenvalue weighted by molar-refractivity contribution is -0.119. The molecule has 1 aromatic carbocycles. The number of ether oxygens (including phenoxy) is 2. The summed E-state index contributed by atoms with van der Waals surface area (Å²) in [5.41, 5.74) is 0.394. The van der Waals surface area contributed by atoms with Gasteiger partial charge in [-0.3, -0.25) is 4.79 Å². The van der Waals surface area contributed by atoms with E-state index in [0.717, 1.165) is 0 Å². The van der Waals surface area contributed by atoms with E-state index in [9.17, 15) is 13.2 Å². The molecule has 0 bridgehead atoms. The molecule has 8 heteroatoms. The van der Waals surface area contributed by atoms with Crippen molar-refractivity contribution in [1.82, 2.24) is 0 Å². The number of benzene rings is 1. The van der Waals surface area contributed by atoms with Gasteiger partial charge in [0, 0.05) is 12.1 Å². The van der Waals surface area contributed by atoms with Crippen LogP contribution in [0.15, 0.2) is 12.1 Å². The number of fused-ring (bicyclic) bond motifs is 1. The Labute approximate surface area is 120 Å². The van der Waals surface area contributed by atoms with Gasteiger partial charge in [-0.25, -0.2) is 8.42 Å². The zero-order valence-corrected chi connectivity index (χ0v) is 12.0. The molecule has 3 rings (SSSR count). The van der Waals surface area contributed by atoms with Crippen LogP contribution in [0, 0.1) is 5.92 Å². The molecule has 0 aromatic heterocycles. The van der Waals surface area contributed by atoms with Crippen LogP contribution < -0.4 is 14.8 Å². The van der Waals surface area contributed by atoms with E-state index >= 15 is 0 Å². The van der Waals surface area contributed by atoms with Crippen molar-refractivity contribution in [2.75, 3.05) is 23.6 Å². The molecule has 1 fully saturated rings. The van der Waals surface area contributed by atoms with Crippen LogP contribution in [-0.4, -0.2) is 32.6 Å². The molecule has 0 unspecified atom stereocenters. The first kappa shape index (κ1) is 13.5. The van der Waals surface area contributed by atoms with Crippen LogP contribution in [0.1, 0.15) is 6.42 Å². The summed E-state index contributed by atoms with van der Waals surface area (Å²) in [6.07, 6.45) is 0.344. The van der Waals surface area contributed by atoms with Gasteiger partial charge in [-0.15, -0.1) is 0 Å². The van der Waals surface area contributed by atoms with Gasteiger partial charge >= 0.3 is 0 Å². The van der Waals surface area contributed by atoms with Gasteiger partial charge in [-0.1, -0.05) is 11.6 Å². The van der Waals surface area contributed by atoms with Crippen molar-refractivity contribution in [3.63, 3.8) is 0 Å². The lowest BCUT2D eigenvalue weighted by Crippen LogP contribution is -2.23. The van der Waals surface area contributed by atoms with Gasteiger partial charge in [0.1, 0.15) is 0 Å². The van der Waals surface area contributed by atoms with Gasteiger partial charge in [0.25, 0.3) is 0 Å². The van der Waals surface area contributed by atoms with E-state index in [1.807, 2.05) is 0 Å². The van der Waals surface area contributed by atoms with Gasteiger partial charge in [0.05, 0.1) is 28.1 Å². The fourth-order valence-electron chi connectivity index (χ4n) is 2.25. The molecular formula is C12H12ClNO5S. The highest BCUT2D eigenvalue weighted by atomic mass is 35.5. The molecule has 20 heavy (non-hydrogen) atoms. The summed E-state index contributed by atoms with van der Waals surface area (Å²) in [4.78, 5) is 12.0. The van der Waals surface area contributed by atoms with Crippen molar-refractivity contribution in [2.24, 2.45) is 5.92 Å². The molecule has 2 aliphatic rings. The van der Waals surface area contributed by atoms with E-state index in [4.69, 9.17) is 21.1 Å². The van der Waals surface area contributed by atoms with Crippen molar-refractivity contribution in [3.8, 4) is 11.5 Å². The largest absolute Gasteiger partial charge is 0.454 e. The monoisotopic (exact) mass is 317 g/mol. The number of sulfone groups is 1. The summed E-state index contributed by atoms with van der Waals surface area (Å²) in [6, 6.07) is 3.14. The van der Waals surface area contributed by atoms with Gasteiger partial charge < -0.3 is 14.8 Å². The van der Waals surface area contributed by atoms with Gasteiger partial charge in [-0.05, 0) is 6.42 Å². The number of carbonyl (C=O) groups is 1. The van der Waals surface area contributed by atoms with E-state index in [-0.39, 0.29) is 24.2 Å². The molecule has 0 radical (unpaired) electrons. The lowest BCUT2D eigenvalue weighted by Gasteiger charge is -2.11. The van der Waals surface area contributed by atoms with E-state index in [1.165, 1.54) is 0 Å². The average Bonchev–Trinajstić information content (AvgIpc) is 2.95. The molecule has 1 aromatic rings. The van der Waals surface area contributed by atoms with Gasteiger partial charge in [-0.2, -0.15) is 0 Å². The smallest absolute Gasteiger partial charge is 0.231 e. The first-order valence-corrected chi connectivity index (χ1v) is 8.25. The number of halogens is 1. The molecule has 6 nitrogen and oxygen atoms in total. The van der Waals surface area contributed by atoms with Crippen molar-refractivity contribution in [2.45, 2.75) is 6.42 Å². The summed E-state index contributed by atoms with van der Waals surface area (Å²) in [5.74, 6) is 0.106. The molecule has 2 heterocycles. The number of nitrogens with one attached hydrogen (secondary N) is 1. The maximum atomic E-state index is 12.0.